The highest BCUT2D eigenvalue weighted by Crippen LogP contribution is 2.36. The van der Waals surface area contributed by atoms with Gasteiger partial charge in [0.2, 0.25) is 0 Å². The van der Waals surface area contributed by atoms with Gasteiger partial charge < -0.3 is 15.6 Å². The Morgan fingerprint density at radius 3 is 2.84 bits per heavy atom. The number of nitrogens with zero attached hydrogens (tertiary/aromatic N) is 4. The number of carbonyl (C=O) groups is 1. The Morgan fingerprint density at radius 1 is 1.19 bits per heavy atom. The molecule has 2 heterocycles. The molecule has 2 aromatic carbocycles. The largest absolute Gasteiger partial charge is 0.358 e. The van der Waals surface area contributed by atoms with Crippen LogP contribution in [0, 0.1) is 20.8 Å². The van der Waals surface area contributed by atoms with Crippen molar-refractivity contribution in [2.45, 2.75) is 46.2 Å². The van der Waals surface area contributed by atoms with Crippen LogP contribution in [0.25, 0.3) is 22.3 Å². The molecule has 0 spiro atoms. The molecule has 1 fully saturated rings. The number of H-pyrrole nitrogens is 1. The number of fused-ring (bicyclic) bond motifs is 1. The highest BCUT2D eigenvalue weighted by atomic mass is 16.2. The van der Waals surface area contributed by atoms with E-state index in [2.05, 4.69) is 64.0 Å². The number of nitrogens with one attached hydrogen (secondary N) is 3. The molecule has 0 radical (unpaired) electrons. The minimum atomic E-state index is -0.256. The zero-order valence-electron chi connectivity index (χ0n) is 17.9. The Bertz CT molecular complexity index is 1280. The molecule has 8 nitrogen and oxygen atoms in total. The van der Waals surface area contributed by atoms with E-state index in [0.717, 1.165) is 41.0 Å². The number of hydrogen-bond acceptors (Lipinski definition) is 4. The van der Waals surface area contributed by atoms with Gasteiger partial charge in [-0.3, -0.25) is 0 Å². The summed E-state index contributed by atoms with van der Waals surface area (Å²) < 4.78 is 1.86. The van der Waals surface area contributed by atoms with Crippen molar-refractivity contribution in [2.24, 2.45) is 0 Å². The van der Waals surface area contributed by atoms with Crippen LogP contribution in [0.15, 0.2) is 36.4 Å². The average molecular weight is 416 g/mol. The highest BCUT2D eigenvalue weighted by molar-refractivity contribution is 5.91. The van der Waals surface area contributed by atoms with E-state index in [1.54, 1.807) is 0 Å². The van der Waals surface area contributed by atoms with Gasteiger partial charge in [-0.05, 0) is 73.4 Å². The van der Waals surface area contributed by atoms with Crippen LogP contribution >= 0.6 is 0 Å². The molecule has 158 valence electrons. The number of hydrogen-bond donors (Lipinski definition) is 3. The van der Waals surface area contributed by atoms with E-state index in [0.29, 0.717) is 18.3 Å². The fourth-order valence-corrected chi connectivity index (χ4v) is 3.96. The first-order valence-electron chi connectivity index (χ1n) is 10.5. The van der Waals surface area contributed by atoms with Crippen molar-refractivity contribution < 1.29 is 4.79 Å². The van der Waals surface area contributed by atoms with Gasteiger partial charge in [-0.25, -0.2) is 9.48 Å². The molecular weight excluding hydrogens is 390 g/mol. The van der Waals surface area contributed by atoms with Crippen LogP contribution in [0.2, 0.25) is 0 Å². The molecular formula is C23H25N7O. The third-order valence-corrected chi connectivity index (χ3v) is 5.85. The number of anilines is 1. The molecule has 0 unspecified atom stereocenters. The Hall–Kier alpha value is -3.68. The zero-order chi connectivity index (χ0) is 21.5. The van der Waals surface area contributed by atoms with Gasteiger partial charge in [0.1, 0.15) is 0 Å². The summed E-state index contributed by atoms with van der Waals surface area (Å²) in [7, 11) is 0. The standard InChI is InChI=1S/C23H25N7O/c1-13-9-17(21-20(10-13)14(2)15(3)25-21)12-24-23(31)26-18-6-4-5-16(11-18)22-27-28-29-30(22)19-7-8-19/h4-6,9-11,19,25H,7-8,12H2,1-3H3,(H2,24,26,31). The van der Waals surface area contributed by atoms with Gasteiger partial charge in [0.25, 0.3) is 0 Å². The second-order valence-corrected chi connectivity index (χ2v) is 8.29. The van der Waals surface area contributed by atoms with Gasteiger partial charge in [0, 0.05) is 28.9 Å². The normalized spacial score (nSPS) is 13.5. The number of aromatic nitrogens is 5. The summed E-state index contributed by atoms with van der Waals surface area (Å²) in [5, 5.41) is 19.2. The fourth-order valence-electron chi connectivity index (χ4n) is 3.96. The maximum absolute atomic E-state index is 12.6. The van der Waals surface area contributed by atoms with Crippen molar-refractivity contribution in [3.63, 3.8) is 0 Å². The summed E-state index contributed by atoms with van der Waals surface area (Å²) in [6.45, 7) is 6.69. The fraction of sp³-hybridized carbons (Fsp3) is 0.304. The van der Waals surface area contributed by atoms with Crippen LogP contribution in [-0.2, 0) is 6.54 Å². The van der Waals surface area contributed by atoms with Gasteiger partial charge in [0.05, 0.1) is 11.6 Å². The van der Waals surface area contributed by atoms with Crippen molar-refractivity contribution in [2.75, 3.05) is 5.32 Å². The van der Waals surface area contributed by atoms with Crippen LogP contribution in [0.4, 0.5) is 10.5 Å². The molecule has 1 aliphatic rings. The van der Waals surface area contributed by atoms with Gasteiger partial charge >= 0.3 is 6.03 Å². The van der Waals surface area contributed by atoms with E-state index < -0.39 is 0 Å². The van der Waals surface area contributed by atoms with Crippen molar-refractivity contribution in [3.05, 3.63) is 58.8 Å². The number of amides is 2. The maximum atomic E-state index is 12.6. The smallest absolute Gasteiger partial charge is 0.319 e. The Kier molecular flexibility index (Phi) is 4.69. The van der Waals surface area contributed by atoms with E-state index >= 15 is 0 Å². The lowest BCUT2D eigenvalue weighted by Crippen LogP contribution is -2.28. The molecule has 8 heteroatoms. The molecule has 0 atom stereocenters. The van der Waals surface area contributed by atoms with Crippen molar-refractivity contribution in [1.82, 2.24) is 30.5 Å². The summed E-state index contributed by atoms with van der Waals surface area (Å²) in [5.41, 5.74) is 7.29. The number of rotatable bonds is 5. The molecule has 0 aliphatic heterocycles. The van der Waals surface area contributed by atoms with E-state index in [4.69, 9.17) is 0 Å². The van der Waals surface area contributed by atoms with Crippen molar-refractivity contribution >= 4 is 22.6 Å². The van der Waals surface area contributed by atoms with Gasteiger partial charge in [-0.2, -0.15) is 0 Å². The number of aryl methyl sites for hydroxylation is 3. The zero-order valence-corrected chi connectivity index (χ0v) is 17.9. The topological polar surface area (TPSA) is 101 Å². The van der Waals surface area contributed by atoms with Crippen LogP contribution in [0.1, 0.15) is 41.3 Å². The monoisotopic (exact) mass is 415 g/mol. The van der Waals surface area contributed by atoms with E-state index in [-0.39, 0.29) is 6.03 Å². The minimum absolute atomic E-state index is 0.256. The van der Waals surface area contributed by atoms with E-state index in [1.807, 2.05) is 28.9 Å². The summed E-state index contributed by atoms with van der Waals surface area (Å²) in [4.78, 5) is 16.0. The highest BCUT2D eigenvalue weighted by Gasteiger charge is 2.28. The lowest BCUT2D eigenvalue weighted by Gasteiger charge is -2.11. The lowest BCUT2D eigenvalue weighted by atomic mass is 10.0. The van der Waals surface area contributed by atoms with E-state index in [9.17, 15) is 4.79 Å². The average Bonchev–Trinajstić information content (AvgIpc) is 3.41. The first-order valence-corrected chi connectivity index (χ1v) is 10.5. The SMILES string of the molecule is Cc1cc(CNC(=O)Nc2cccc(-c3nnnn3C3CC3)c2)c2[nH]c(C)c(C)c2c1. The quantitative estimate of drug-likeness (QED) is 0.450. The molecule has 0 bridgehead atoms. The predicted octanol–water partition coefficient (Wildman–Crippen LogP) is 4.40. The maximum Gasteiger partial charge on any atom is 0.319 e. The predicted molar refractivity (Wildman–Crippen MR) is 120 cm³/mol. The third kappa shape index (κ3) is 3.76. The summed E-state index contributed by atoms with van der Waals surface area (Å²) in [5.74, 6) is 0.728. The summed E-state index contributed by atoms with van der Waals surface area (Å²) in [6.07, 6.45) is 2.20. The Labute approximate surface area is 180 Å². The molecule has 1 saturated carbocycles. The van der Waals surface area contributed by atoms with Crippen molar-refractivity contribution in [1.29, 1.82) is 0 Å². The first-order chi connectivity index (χ1) is 15.0. The molecule has 2 aromatic heterocycles. The molecule has 0 saturated heterocycles. The van der Waals surface area contributed by atoms with Crippen molar-refractivity contribution in [3.8, 4) is 11.4 Å². The molecule has 4 aromatic rings. The van der Waals surface area contributed by atoms with Crippen LogP contribution < -0.4 is 10.6 Å². The van der Waals surface area contributed by atoms with Gasteiger partial charge in [0.15, 0.2) is 5.82 Å². The molecule has 31 heavy (non-hydrogen) atoms. The number of aromatic amines is 1. The number of urea groups is 1. The van der Waals surface area contributed by atoms with E-state index in [1.165, 1.54) is 16.5 Å². The lowest BCUT2D eigenvalue weighted by molar-refractivity contribution is 0.252. The third-order valence-electron chi connectivity index (χ3n) is 5.85. The number of carbonyl (C=O) groups excluding carboxylic acids is 1. The van der Waals surface area contributed by atoms with Crippen LogP contribution in [-0.4, -0.2) is 31.2 Å². The molecule has 5 rings (SSSR count). The Morgan fingerprint density at radius 2 is 2.03 bits per heavy atom. The van der Waals surface area contributed by atoms with Crippen LogP contribution in [0.3, 0.4) is 0 Å². The molecule has 3 N–H and O–H groups in total. The second kappa shape index (κ2) is 7.54. The first kappa shape index (κ1) is 19.3. The van der Waals surface area contributed by atoms with Gasteiger partial charge in [-0.15, -0.1) is 5.10 Å². The molecule has 2 amide bonds. The summed E-state index contributed by atoms with van der Waals surface area (Å²) in [6, 6.07) is 12.0. The molecule has 1 aliphatic carbocycles. The Balaban J connectivity index is 1.30. The second-order valence-electron chi connectivity index (χ2n) is 8.29. The minimum Gasteiger partial charge on any atom is -0.358 e. The summed E-state index contributed by atoms with van der Waals surface area (Å²) >= 11 is 0. The number of tetrazole rings is 1. The van der Waals surface area contributed by atoms with Gasteiger partial charge in [-0.1, -0.05) is 23.8 Å². The number of benzene rings is 2. The van der Waals surface area contributed by atoms with Crippen LogP contribution in [0.5, 0.6) is 0 Å².